The molecule has 0 spiro atoms. The monoisotopic (exact) mass is 435 g/mol. The van der Waals surface area contributed by atoms with Crippen LogP contribution in [0, 0.1) is 5.82 Å². The Balaban J connectivity index is 0.000000970. The fraction of sp³-hybridized carbons (Fsp3) is 0.167. The second kappa shape index (κ2) is 10.6. The molecular weight excluding hydrogens is 421 g/mol. The van der Waals surface area contributed by atoms with E-state index in [1.807, 2.05) is 11.7 Å². The number of benzene rings is 1. The van der Waals surface area contributed by atoms with Crippen molar-refractivity contribution in [3.05, 3.63) is 34.2 Å². The van der Waals surface area contributed by atoms with Gasteiger partial charge in [0.2, 0.25) is 11.7 Å². The summed E-state index contributed by atoms with van der Waals surface area (Å²) in [5.41, 5.74) is 7.19. The highest BCUT2D eigenvalue weighted by atomic mass is 79.9. The van der Waals surface area contributed by atoms with Gasteiger partial charge in [-0.15, -0.1) is 0 Å². The number of anilines is 1. The van der Waals surface area contributed by atoms with E-state index in [0.29, 0.717) is 5.69 Å². The number of carbonyl (C=O) groups excluding carboxylic acids is 1. The molecule has 0 atom stereocenters. The molecule has 2 aromatic rings. The predicted octanol–water partition coefficient (Wildman–Crippen LogP) is 1.15. The molecule has 7 N–H and O–H groups in total. The lowest BCUT2D eigenvalue weighted by molar-refractivity contribution is -0.116. The van der Waals surface area contributed by atoms with Crippen LogP contribution in [0.5, 0.6) is 0 Å². The molecule has 10 nitrogen and oxygen atoms in total. The van der Waals surface area contributed by atoms with Gasteiger partial charge in [0.05, 0.1) is 16.7 Å². The number of carbonyl (C=O) groups is 1. The Bertz CT molecular complexity index is 743. The Morgan fingerprint density at radius 3 is 2.76 bits per heavy atom. The van der Waals surface area contributed by atoms with E-state index in [1.165, 1.54) is 30.1 Å². The van der Waals surface area contributed by atoms with Crippen LogP contribution < -0.4 is 21.7 Å². The van der Waals surface area contributed by atoms with Crippen molar-refractivity contribution in [2.45, 2.75) is 0 Å². The Morgan fingerprint density at radius 1 is 1.52 bits per heavy atom. The summed E-state index contributed by atoms with van der Waals surface area (Å²) in [6.45, 7) is -0.206. The van der Waals surface area contributed by atoms with Gasteiger partial charge in [-0.1, -0.05) is 11.9 Å². The summed E-state index contributed by atoms with van der Waals surface area (Å²) >= 11 is 4.27. The second-order valence-corrected chi connectivity index (χ2v) is 5.51. The minimum absolute atomic E-state index is 0.0178. The van der Waals surface area contributed by atoms with Gasteiger partial charge in [0.1, 0.15) is 5.82 Å². The summed E-state index contributed by atoms with van der Waals surface area (Å²) in [4.78, 5) is 14.8. The van der Waals surface area contributed by atoms with Gasteiger partial charge in [0.15, 0.2) is 11.5 Å². The van der Waals surface area contributed by atoms with Crippen molar-refractivity contribution in [1.82, 2.24) is 15.8 Å². The SMILES string of the molecule is CSN.NC(=O)CNc1nonc1C(=Nc1ccc(F)c(Br)c1)NO. The van der Waals surface area contributed by atoms with E-state index in [-0.39, 0.29) is 28.4 Å². The number of nitrogens with zero attached hydrogens (tertiary/aromatic N) is 3. The summed E-state index contributed by atoms with van der Waals surface area (Å²) in [6, 6.07) is 3.99. The molecule has 1 aromatic carbocycles. The fourth-order valence-electron chi connectivity index (χ4n) is 1.45. The Hall–Kier alpha value is -2.22. The molecule has 0 bridgehead atoms. The van der Waals surface area contributed by atoms with Crippen molar-refractivity contribution < 1.29 is 19.0 Å². The van der Waals surface area contributed by atoms with Crippen LogP contribution in [0.15, 0.2) is 32.3 Å². The summed E-state index contributed by atoms with van der Waals surface area (Å²) in [5.74, 6) is -1.14. The molecule has 13 heteroatoms. The maximum Gasteiger partial charge on any atom is 0.236 e. The first-order chi connectivity index (χ1) is 11.9. The molecule has 0 saturated heterocycles. The predicted molar refractivity (Wildman–Crippen MR) is 94.9 cm³/mol. The lowest BCUT2D eigenvalue weighted by Crippen LogP contribution is -2.25. The number of hydroxylamine groups is 1. The number of nitrogens with one attached hydrogen (secondary N) is 2. The van der Waals surface area contributed by atoms with Crippen molar-refractivity contribution in [1.29, 1.82) is 0 Å². The van der Waals surface area contributed by atoms with Crippen molar-refractivity contribution in [2.75, 3.05) is 18.1 Å². The van der Waals surface area contributed by atoms with Crippen LogP contribution in [0.3, 0.4) is 0 Å². The van der Waals surface area contributed by atoms with Crippen molar-refractivity contribution in [2.24, 2.45) is 15.9 Å². The number of rotatable bonds is 5. The molecule has 0 aliphatic rings. The molecule has 1 aromatic heterocycles. The van der Waals surface area contributed by atoms with Crippen LogP contribution in [0.25, 0.3) is 0 Å². The van der Waals surface area contributed by atoms with E-state index in [1.54, 1.807) is 0 Å². The molecule has 0 saturated carbocycles. The van der Waals surface area contributed by atoms with E-state index < -0.39 is 11.7 Å². The Labute approximate surface area is 154 Å². The average Bonchev–Trinajstić information content (AvgIpc) is 3.03. The zero-order valence-corrected chi connectivity index (χ0v) is 15.3. The minimum Gasteiger partial charge on any atom is -0.368 e. The maximum absolute atomic E-state index is 13.2. The summed E-state index contributed by atoms with van der Waals surface area (Å²) in [6.07, 6.45) is 1.82. The van der Waals surface area contributed by atoms with Crippen LogP contribution in [0.1, 0.15) is 5.69 Å². The second-order valence-electron chi connectivity index (χ2n) is 4.19. The first kappa shape index (κ1) is 20.8. The molecule has 2 rings (SSSR count). The van der Waals surface area contributed by atoms with E-state index >= 15 is 0 Å². The van der Waals surface area contributed by atoms with Crippen molar-refractivity contribution >= 4 is 51.1 Å². The third-order valence-corrected chi connectivity index (χ3v) is 3.00. The van der Waals surface area contributed by atoms with Crippen LogP contribution >= 0.6 is 27.9 Å². The van der Waals surface area contributed by atoms with Crippen LogP contribution in [0.4, 0.5) is 15.9 Å². The van der Waals surface area contributed by atoms with Gasteiger partial charge >= 0.3 is 0 Å². The van der Waals surface area contributed by atoms with Crippen LogP contribution in [-0.4, -0.2) is 40.1 Å². The number of amides is 1. The average molecular weight is 436 g/mol. The number of hydrogen-bond donors (Lipinski definition) is 5. The molecule has 1 amide bonds. The molecular formula is C12H15BrFN7O3S. The number of aromatic nitrogens is 2. The Kier molecular flexibility index (Phi) is 8.83. The summed E-state index contributed by atoms with van der Waals surface area (Å²) in [5, 5.41) is 23.6. The van der Waals surface area contributed by atoms with Gasteiger partial charge in [0, 0.05) is 0 Å². The number of aliphatic imine (C=N–C) groups is 1. The highest BCUT2D eigenvalue weighted by Crippen LogP contribution is 2.23. The summed E-state index contributed by atoms with van der Waals surface area (Å²) < 4.78 is 17.9. The van der Waals surface area contributed by atoms with Gasteiger partial charge in [0.25, 0.3) is 0 Å². The highest BCUT2D eigenvalue weighted by Gasteiger charge is 2.17. The maximum atomic E-state index is 13.2. The quantitative estimate of drug-likeness (QED) is 0.200. The lowest BCUT2D eigenvalue weighted by atomic mass is 10.3. The third-order valence-electron chi connectivity index (χ3n) is 2.39. The normalized spacial score (nSPS) is 10.7. The van der Waals surface area contributed by atoms with Crippen LogP contribution in [-0.2, 0) is 4.79 Å². The number of halogens is 2. The molecule has 0 unspecified atom stereocenters. The molecule has 25 heavy (non-hydrogen) atoms. The highest BCUT2D eigenvalue weighted by molar-refractivity contribution is 9.10. The molecule has 0 aliphatic heterocycles. The largest absolute Gasteiger partial charge is 0.368 e. The standard InChI is InChI=1S/C11H10BrFN6O3.CH5NS/c12-6-3-5(1-2-7(6)13)16-11(17-21)9-10(19-22-18-9)15-4-8(14)20;1-3-2/h1-3,21H,4H2,(H2,14,20)(H,15,19)(H,16,17);2H2,1H3. The fourth-order valence-corrected chi connectivity index (χ4v) is 1.81. The van der Waals surface area contributed by atoms with Gasteiger partial charge < -0.3 is 11.1 Å². The number of nitrogens with two attached hydrogens (primary N) is 2. The van der Waals surface area contributed by atoms with Crippen LogP contribution in [0.2, 0.25) is 0 Å². The summed E-state index contributed by atoms with van der Waals surface area (Å²) in [7, 11) is 0. The number of amidine groups is 1. The number of primary amides is 1. The Morgan fingerprint density at radius 2 is 2.20 bits per heavy atom. The molecule has 0 aliphatic carbocycles. The molecule has 1 heterocycles. The zero-order chi connectivity index (χ0) is 18.8. The van der Waals surface area contributed by atoms with Gasteiger partial charge in [-0.2, -0.15) is 0 Å². The lowest BCUT2D eigenvalue weighted by Gasteiger charge is -2.04. The van der Waals surface area contributed by atoms with Gasteiger partial charge in [-0.25, -0.2) is 14.0 Å². The van der Waals surface area contributed by atoms with Crippen molar-refractivity contribution in [3.63, 3.8) is 0 Å². The van der Waals surface area contributed by atoms with E-state index in [0.717, 1.165) is 0 Å². The van der Waals surface area contributed by atoms with Gasteiger partial charge in [-0.05, 0) is 50.7 Å². The smallest absolute Gasteiger partial charge is 0.236 e. The number of hydrogen-bond acceptors (Lipinski definition) is 9. The van der Waals surface area contributed by atoms with E-state index in [4.69, 9.17) is 10.9 Å². The molecule has 136 valence electrons. The first-order valence-electron chi connectivity index (χ1n) is 6.44. The topological polar surface area (TPSA) is 165 Å². The third kappa shape index (κ3) is 6.66. The molecule has 0 fully saturated rings. The zero-order valence-electron chi connectivity index (χ0n) is 12.9. The van der Waals surface area contributed by atoms with E-state index in [2.05, 4.69) is 41.2 Å². The first-order valence-corrected chi connectivity index (χ1v) is 8.52. The molecule has 0 radical (unpaired) electrons. The van der Waals surface area contributed by atoms with Crippen molar-refractivity contribution in [3.8, 4) is 0 Å². The van der Waals surface area contributed by atoms with Gasteiger partial charge in [-0.3, -0.25) is 20.6 Å². The minimum atomic E-state index is -0.619. The van der Waals surface area contributed by atoms with E-state index in [9.17, 15) is 14.4 Å².